The average molecular weight is 288 g/mol. The molecule has 6 heteroatoms. The second-order valence-electron chi connectivity index (χ2n) is 6.33. The SMILES string of the molecule is CCCNc1nc(NCC2(C(C)C)CC2)c2cn[nH]c2n1. The summed E-state index contributed by atoms with van der Waals surface area (Å²) in [4.78, 5) is 9.06. The van der Waals surface area contributed by atoms with Gasteiger partial charge in [-0.3, -0.25) is 5.10 Å². The predicted molar refractivity (Wildman–Crippen MR) is 85.5 cm³/mol. The number of anilines is 2. The fourth-order valence-electron chi connectivity index (χ4n) is 2.66. The van der Waals surface area contributed by atoms with Gasteiger partial charge in [0.15, 0.2) is 5.65 Å². The van der Waals surface area contributed by atoms with Crippen LogP contribution in [0, 0.1) is 11.3 Å². The molecule has 0 aliphatic heterocycles. The largest absolute Gasteiger partial charge is 0.369 e. The Balaban J connectivity index is 1.81. The summed E-state index contributed by atoms with van der Waals surface area (Å²) < 4.78 is 0. The van der Waals surface area contributed by atoms with E-state index in [0.717, 1.165) is 36.4 Å². The Morgan fingerprint density at radius 3 is 2.76 bits per heavy atom. The summed E-state index contributed by atoms with van der Waals surface area (Å²) in [5, 5.41) is 14.7. The van der Waals surface area contributed by atoms with Crippen LogP contribution in [0.25, 0.3) is 11.0 Å². The van der Waals surface area contributed by atoms with Gasteiger partial charge in [-0.15, -0.1) is 0 Å². The zero-order valence-corrected chi connectivity index (χ0v) is 13.0. The van der Waals surface area contributed by atoms with E-state index >= 15 is 0 Å². The highest BCUT2D eigenvalue weighted by molar-refractivity contribution is 5.86. The Morgan fingerprint density at radius 1 is 1.29 bits per heavy atom. The molecular weight excluding hydrogens is 264 g/mol. The van der Waals surface area contributed by atoms with Gasteiger partial charge in [0.25, 0.3) is 0 Å². The summed E-state index contributed by atoms with van der Waals surface area (Å²) in [6.45, 7) is 8.57. The standard InChI is InChI=1S/C15H24N6/c1-4-7-16-14-19-12(11-8-18-21-13(11)20-14)17-9-15(5-6-15)10(2)3/h8,10H,4-7,9H2,1-3H3,(H3,16,17,18,19,20,21). The van der Waals surface area contributed by atoms with Crippen molar-refractivity contribution in [3.05, 3.63) is 6.20 Å². The lowest BCUT2D eigenvalue weighted by Gasteiger charge is -2.20. The Morgan fingerprint density at radius 2 is 2.10 bits per heavy atom. The highest BCUT2D eigenvalue weighted by Gasteiger charge is 2.45. The highest BCUT2D eigenvalue weighted by Crippen LogP contribution is 2.51. The maximum Gasteiger partial charge on any atom is 0.226 e. The van der Waals surface area contributed by atoms with Gasteiger partial charge in [0.1, 0.15) is 5.82 Å². The lowest BCUT2D eigenvalue weighted by Crippen LogP contribution is -2.21. The Kier molecular flexibility index (Phi) is 3.69. The number of H-pyrrole nitrogens is 1. The van der Waals surface area contributed by atoms with Crippen molar-refractivity contribution < 1.29 is 0 Å². The third-order valence-electron chi connectivity index (χ3n) is 4.57. The first-order chi connectivity index (χ1) is 10.1. The zero-order valence-electron chi connectivity index (χ0n) is 13.0. The van der Waals surface area contributed by atoms with E-state index < -0.39 is 0 Å². The fraction of sp³-hybridized carbons (Fsp3) is 0.667. The minimum atomic E-state index is 0.442. The number of hydrogen-bond donors (Lipinski definition) is 3. The van der Waals surface area contributed by atoms with Crippen molar-refractivity contribution in [3.8, 4) is 0 Å². The topological polar surface area (TPSA) is 78.5 Å². The van der Waals surface area contributed by atoms with Crippen molar-refractivity contribution in [3.63, 3.8) is 0 Å². The van der Waals surface area contributed by atoms with Crippen LogP contribution in [-0.4, -0.2) is 33.3 Å². The van der Waals surface area contributed by atoms with Crippen LogP contribution in [0.2, 0.25) is 0 Å². The van der Waals surface area contributed by atoms with Crippen molar-refractivity contribution in [2.75, 3.05) is 23.7 Å². The first kappa shape index (κ1) is 14.1. The third-order valence-corrected chi connectivity index (χ3v) is 4.57. The van der Waals surface area contributed by atoms with Gasteiger partial charge in [0.05, 0.1) is 11.6 Å². The van der Waals surface area contributed by atoms with Crippen LogP contribution in [-0.2, 0) is 0 Å². The van der Waals surface area contributed by atoms with Gasteiger partial charge in [0, 0.05) is 13.1 Å². The molecule has 3 N–H and O–H groups in total. The van der Waals surface area contributed by atoms with Crippen LogP contribution in [0.1, 0.15) is 40.0 Å². The molecule has 2 aromatic heterocycles. The Hall–Kier alpha value is -1.85. The molecule has 0 unspecified atom stereocenters. The van der Waals surface area contributed by atoms with E-state index in [2.05, 4.69) is 51.6 Å². The van der Waals surface area contributed by atoms with Crippen LogP contribution < -0.4 is 10.6 Å². The molecule has 0 aromatic carbocycles. The molecule has 0 atom stereocenters. The molecule has 2 aromatic rings. The maximum absolute atomic E-state index is 4.61. The third kappa shape index (κ3) is 2.80. The normalized spacial score (nSPS) is 16.4. The molecule has 3 rings (SSSR count). The van der Waals surface area contributed by atoms with Gasteiger partial charge < -0.3 is 10.6 Å². The first-order valence-corrected chi connectivity index (χ1v) is 7.83. The van der Waals surface area contributed by atoms with E-state index in [9.17, 15) is 0 Å². The number of nitrogens with one attached hydrogen (secondary N) is 3. The van der Waals surface area contributed by atoms with Crippen LogP contribution in [0.4, 0.5) is 11.8 Å². The fourth-order valence-corrected chi connectivity index (χ4v) is 2.66. The average Bonchev–Trinajstić information content (AvgIpc) is 3.13. The molecule has 0 bridgehead atoms. The van der Waals surface area contributed by atoms with Crippen molar-refractivity contribution in [2.45, 2.75) is 40.0 Å². The van der Waals surface area contributed by atoms with Crippen molar-refractivity contribution >= 4 is 22.8 Å². The zero-order chi connectivity index (χ0) is 14.9. The van der Waals surface area contributed by atoms with Gasteiger partial charge in [-0.2, -0.15) is 15.1 Å². The molecule has 114 valence electrons. The molecule has 1 aliphatic rings. The molecule has 2 heterocycles. The Labute approximate surface area is 125 Å². The summed E-state index contributed by atoms with van der Waals surface area (Å²) in [5.41, 5.74) is 1.22. The molecule has 0 radical (unpaired) electrons. The number of fused-ring (bicyclic) bond motifs is 1. The Bertz CT molecular complexity index is 614. The molecule has 1 aliphatic carbocycles. The van der Waals surface area contributed by atoms with Crippen LogP contribution >= 0.6 is 0 Å². The molecule has 1 saturated carbocycles. The van der Waals surface area contributed by atoms with Crippen molar-refractivity contribution in [1.29, 1.82) is 0 Å². The second-order valence-corrected chi connectivity index (χ2v) is 6.33. The monoisotopic (exact) mass is 288 g/mol. The summed E-state index contributed by atoms with van der Waals surface area (Å²) >= 11 is 0. The predicted octanol–water partition coefficient (Wildman–Crippen LogP) is 3.02. The van der Waals surface area contributed by atoms with Crippen molar-refractivity contribution in [1.82, 2.24) is 20.2 Å². The quantitative estimate of drug-likeness (QED) is 0.730. The van der Waals surface area contributed by atoms with Gasteiger partial charge in [-0.1, -0.05) is 20.8 Å². The van der Waals surface area contributed by atoms with E-state index in [1.165, 1.54) is 12.8 Å². The molecule has 0 amide bonds. The van der Waals surface area contributed by atoms with Gasteiger partial charge in [-0.05, 0) is 30.6 Å². The van der Waals surface area contributed by atoms with E-state index in [4.69, 9.17) is 0 Å². The van der Waals surface area contributed by atoms with Gasteiger partial charge in [-0.25, -0.2) is 0 Å². The summed E-state index contributed by atoms with van der Waals surface area (Å²) in [6, 6.07) is 0. The van der Waals surface area contributed by atoms with E-state index in [1.54, 1.807) is 6.20 Å². The smallest absolute Gasteiger partial charge is 0.226 e. The molecule has 6 nitrogen and oxygen atoms in total. The highest BCUT2D eigenvalue weighted by atomic mass is 15.2. The summed E-state index contributed by atoms with van der Waals surface area (Å²) in [5.74, 6) is 2.23. The van der Waals surface area contributed by atoms with Gasteiger partial charge in [0.2, 0.25) is 5.95 Å². The van der Waals surface area contributed by atoms with Crippen LogP contribution in [0.15, 0.2) is 6.20 Å². The second kappa shape index (κ2) is 5.50. The van der Waals surface area contributed by atoms with E-state index in [0.29, 0.717) is 17.3 Å². The minimum absolute atomic E-state index is 0.442. The summed E-state index contributed by atoms with van der Waals surface area (Å²) in [6.07, 6.45) is 5.44. The van der Waals surface area contributed by atoms with Gasteiger partial charge >= 0.3 is 0 Å². The molecule has 0 saturated heterocycles. The van der Waals surface area contributed by atoms with Crippen molar-refractivity contribution in [2.24, 2.45) is 11.3 Å². The molecule has 1 fully saturated rings. The molecular formula is C15H24N6. The summed E-state index contributed by atoms with van der Waals surface area (Å²) in [7, 11) is 0. The number of rotatable bonds is 7. The minimum Gasteiger partial charge on any atom is -0.369 e. The maximum atomic E-state index is 4.61. The molecule has 21 heavy (non-hydrogen) atoms. The first-order valence-electron chi connectivity index (χ1n) is 7.83. The molecule has 0 spiro atoms. The number of hydrogen-bond acceptors (Lipinski definition) is 5. The van der Waals surface area contributed by atoms with Crippen LogP contribution in [0.3, 0.4) is 0 Å². The number of aromatic nitrogens is 4. The lowest BCUT2D eigenvalue weighted by molar-refractivity contribution is 0.380. The van der Waals surface area contributed by atoms with E-state index in [-0.39, 0.29) is 0 Å². The van der Waals surface area contributed by atoms with E-state index in [1.807, 2.05) is 0 Å². The number of nitrogens with zero attached hydrogens (tertiary/aromatic N) is 3. The lowest BCUT2D eigenvalue weighted by atomic mass is 9.92. The number of aromatic amines is 1. The van der Waals surface area contributed by atoms with Crippen LogP contribution in [0.5, 0.6) is 0 Å².